The first-order valence-corrected chi connectivity index (χ1v) is 8.65. The van der Waals surface area contributed by atoms with E-state index in [0.29, 0.717) is 23.6 Å². The molecule has 0 atom stereocenters. The van der Waals surface area contributed by atoms with Crippen molar-refractivity contribution in [3.05, 3.63) is 52.2 Å². The van der Waals surface area contributed by atoms with Gasteiger partial charge in [0.2, 0.25) is 0 Å². The lowest BCUT2D eigenvalue weighted by molar-refractivity contribution is 0.586. The molecule has 1 aromatic carbocycles. The van der Waals surface area contributed by atoms with Gasteiger partial charge in [-0.15, -0.1) is 0 Å². The molecule has 136 valence electrons. The van der Waals surface area contributed by atoms with Gasteiger partial charge in [-0.3, -0.25) is 4.99 Å². The van der Waals surface area contributed by atoms with Crippen LogP contribution in [0.25, 0.3) is 5.70 Å². The van der Waals surface area contributed by atoms with Gasteiger partial charge in [0.1, 0.15) is 0 Å². The summed E-state index contributed by atoms with van der Waals surface area (Å²) < 4.78 is 0. The van der Waals surface area contributed by atoms with Crippen LogP contribution in [0.2, 0.25) is 0 Å². The summed E-state index contributed by atoms with van der Waals surface area (Å²) in [6.07, 6.45) is 5.02. The Kier molecular flexibility index (Phi) is 7.16. The van der Waals surface area contributed by atoms with E-state index in [2.05, 4.69) is 44.0 Å². The van der Waals surface area contributed by atoms with Crippen LogP contribution in [0.3, 0.4) is 0 Å². The largest absolute Gasteiger partial charge is 0.404 e. The molecule has 0 amide bonds. The first-order valence-electron chi connectivity index (χ1n) is 8.65. The third-order valence-corrected chi connectivity index (χ3v) is 3.87. The number of aryl methyl sites for hydroxylation is 1. The van der Waals surface area contributed by atoms with Crippen LogP contribution in [0, 0.1) is 12.3 Å². The highest BCUT2D eigenvalue weighted by molar-refractivity contribution is 5.93. The van der Waals surface area contributed by atoms with Crippen molar-refractivity contribution in [2.24, 2.45) is 16.5 Å². The van der Waals surface area contributed by atoms with E-state index >= 15 is 0 Å². The molecule has 5 N–H and O–H groups in total. The molecule has 0 saturated carbocycles. The number of hydrogen-bond acceptors (Lipinski definition) is 4. The Morgan fingerprint density at radius 3 is 2.40 bits per heavy atom. The van der Waals surface area contributed by atoms with Crippen molar-refractivity contribution in [3.8, 4) is 0 Å². The van der Waals surface area contributed by atoms with Gasteiger partial charge >= 0.3 is 0 Å². The maximum atomic E-state index is 7.51. The highest BCUT2D eigenvalue weighted by Gasteiger charge is 2.14. The maximum Gasteiger partial charge on any atom is 0.0524 e. The Morgan fingerprint density at radius 1 is 1.28 bits per heavy atom. The van der Waals surface area contributed by atoms with Crippen molar-refractivity contribution in [1.29, 1.82) is 5.41 Å². The zero-order valence-corrected chi connectivity index (χ0v) is 16.4. The number of allylic oxidation sites excluding steroid dienone is 2. The molecule has 0 unspecified atom stereocenters. The lowest BCUT2D eigenvalue weighted by atomic mass is 9.91. The van der Waals surface area contributed by atoms with Gasteiger partial charge in [-0.25, -0.2) is 0 Å². The first kappa shape index (κ1) is 20.7. The molecule has 0 heterocycles. The Morgan fingerprint density at radius 2 is 1.92 bits per heavy atom. The molecule has 0 saturated heterocycles. The van der Waals surface area contributed by atoms with E-state index in [1.54, 1.807) is 0 Å². The Hall–Kier alpha value is -2.36. The molecule has 1 rings (SSSR count). The van der Waals surface area contributed by atoms with Crippen LogP contribution >= 0.6 is 0 Å². The number of hydrogen-bond donors (Lipinski definition) is 3. The highest BCUT2D eigenvalue weighted by atomic mass is 14.8. The van der Waals surface area contributed by atoms with Crippen LogP contribution in [-0.4, -0.2) is 18.0 Å². The van der Waals surface area contributed by atoms with Crippen molar-refractivity contribution in [2.75, 3.05) is 0 Å². The molecular weight excluding hydrogens is 308 g/mol. The van der Waals surface area contributed by atoms with Gasteiger partial charge in [0.25, 0.3) is 0 Å². The van der Waals surface area contributed by atoms with Crippen molar-refractivity contribution in [2.45, 2.75) is 59.4 Å². The van der Waals surface area contributed by atoms with E-state index < -0.39 is 0 Å². The van der Waals surface area contributed by atoms with E-state index in [-0.39, 0.29) is 5.54 Å². The highest BCUT2D eigenvalue weighted by Crippen LogP contribution is 2.27. The quantitative estimate of drug-likeness (QED) is 0.664. The fourth-order valence-corrected chi connectivity index (χ4v) is 2.44. The number of benzene rings is 1. The summed E-state index contributed by atoms with van der Waals surface area (Å²) in [4.78, 5) is 4.61. The molecule has 4 heteroatoms. The number of nitrogens with two attached hydrogens (primary N) is 2. The average Bonchev–Trinajstić information content (AvgIpc) is 2.53. The van der Waals surface area contributed by atoms with E-state index in [1.165, 1.54) is 23.5 Å². The van der Waals surface area contributed by atoms with Gasteiger partial charge < -0.3 is 16.9 Å². The maximum absolute atomic E-state index is 7.51. The smallest absolute Gasteiger partial charge is 0.0524 e. The Bertz CT molecular complexity index is 701. The summed E-state index contributed by atoms with van der Waals surface area (Å²) in [5, 5.41) is 7.51. The van der Waals surface area contributed by atoms with Crippen LogP contribution < -0.4 is 11.5 Å². The predicted molar refractivity (Wildman–Crippen MR) is 110 cm³/mol. The van der Waals surface area contributed by atoms with Gasteiger partial charge in [0.15, 0.2) is 0 Å². The lowest BCUT2D eigenvalue weighted by Crippen LogP contribution is -2.13. The summed E-state index contributed by atoms with van der Waals surface area (Å²) in [6.45, 7) is 12.5. The molecule has 1 aromatic rings. The van der Waals surface area contributed by atoms with Gasteiger partial charge in [0, 0.05) is 30.1 Å². The molecule has 0 bridgehead atoms. The summed E-state index contributed by atoms with van der Waals surface area (Å²) in [5.41, 5.74) is 17.7. The molecule has 0 spiro atoms. The van der Waals surface area contributed by atoms with Crippen molar-refractivity contribution < 1.29 is 0 Å². The molecule has 0 aliphatic heterocycles. The Balaban J connectivity index is 3.53. The second-order valence-corrected chi connectivity index (χ2v) is 7.68. The summed E-state index contributed by atoms with van der Waals surface area (Å²) in [5.74, 6) is 0.363. The fourth-order valence-electron chi connectivity index (χ4n) is 2.44. The van der Waals surface area contributed by atoms with Crippen molar-refractivity contribution in [3.63, 3.8) is 0 Å². The normalized spacial score (nSPS) is 14.1. The van der Waals surface area contributed by atoms with Crippen molar-refractivity contribution in [1.82, 2.24) is 0 Å². The summed E-state index contributed by atoms with van der Waals surface area (Å²) in [6, 6.07) is 6.33. The Labute approximate surface area is 152 Å². The summed E-state index contributed by atoms with van der Waals surface area (Å²) >= 11 is 0. The lowest BCUT2D eigenvalue weighted by Gasteiger charge is -2.18. The number of nitrogens with one attached hydrogen (secondary N) is 1. The number of rotatable bonds is 6. The van der Waals surface area contributed by atoms with Gasteiger partial charge in [-0.1, -0.05) is 37.6 Å². The monoisotopic (exact) mass is 340 g/mol. The van der Waals surface area contributed by atoms with Crippen LogP contribution in [0.5, 0.6) is 0 Å². The van der Waals surface area contributed by atoms with Crippen LogP contribution in [0.1, 0.15) is 63.6 Å². The predicted octanol–water partition coefficient (Wildman–Crippen LogP) is 4.54. The van der Waals surface area contributed by atoms with Gasteiger partial charge in [0.05, 0.1) is 5.54 Å². The zero-order chi connectivity index (χ0) is 19.2. The van der Waals surface area contributed by atoms with Crippen LogP contribution in [-0.2, 0) is 0 Å². The van der Waals surface area contributed by atoms with E-state index in [1.807, 2.05) is 27.0 Å². The molecule has 0 fully saturated rings. The molecule has 0 aromatic heterocycles. The van der Waals surface area contributed by atoms with Crippen molar-refractivity contribution >= 4 is 18.1 Å². The van der Waals surface area contributed by atoms with E-state index in [9.17, 15) is 0 Å². The zero-order valence-electron chi connectivity index (χ0n) is 16.4. The minimum absolute atomic E-state index is 0.197. The minimum atomic E-state index is -0.197. The molecule has 0 radical (unpaired) electrons. The number of nitrogens with zero attached hydrogens (tertiary/aromatic N) is 1. The fraction of sp³-hybridized carbons (Fsp3) is 0.429. The minimum Gasteiger partial charge on any atom is -0.404 e. The molecular formula is C21H32N4. The SMILES string of the molecule is Cc1ccc(C(N)=C(C=NC(C)(C)C)C/C(C=N)=C/N)c(C(C)C)c1. The third-order valence-electron chi connectivity index (χ3n) is 3.87. The second kappa shape index (κ2) is 8.65. The van der Waals surface area contributed by atoms with Crippen LogP contribution in [0.15, 0.2) is 40.5 Å². The molecule has 25 heavy (non-hydrogen) atoms. The topological polar surface area (TPSA) is 88.2 Å². The van der Waals surface area contributed by atoms with Gasteiger partial charge in [-0.2, -0.15) is 0 Å². The van der Waals surface area contributed by atoms with E-state index in [0.717, 1.165) is 11.1 Å². The molecule has 0 aliphatic rings. The van der Waals surface area contributed by atoms with Crippen LogP contribution in [0.4, 0.5) is 0 Å². The van der Waals surface area contributed by atoms with E-state index in [4.69, 9.17) is 16.9 Å². The number of aliphatic imine (C=N–C) groups is 1. The molecule has 0 aliphatic carbocycles. The second-order valence-electron chi connectivity index (χ2n) is 7.68. The molecule has 4 nitrogen and oxygen atoms in total. The standard InChI is InChI=1S/C21H32N4/c1-14(2)19-9-15(3)7-8-18(19)20(24)17(10-16(11-22)12-23)13-25-21(4,5)6/h7-9,11-14,22H,10,23-24H2,1-6H3/b16-12-,20-17?,22-11?,25-13?. The first-order chi connectivity index (χ1) is 11.6. The summed E-state index contributed by atoms with van der Waals surface area (Å²) in [7, 11) is 0. The average molecular weight is 341 g/mol. The van der Waals surface area contributed by atoms with Gasteiger partial charge in [-0.05, 0) is 56.5 Å². The third kappa shape index (κ3) is 6.22.